The summed E-state index contributed by atoms with van der Waals surface area (Å²) < 4.78 is 7.32. The van der Waals surface area contributed by atoms with E-state index in [1.54, 1.807) is 0 Å². The van der Waals surface area contributed by atoms with Crippen molar-refractivity contribution >= 4 is 11.6 Å². The molecule has 2 fully saturated rings. The van der Waals surface area contributed by atoms with Crippen molar-refractivity contribution in [2.75, 3.05) is 6.54 Å². The van der Waals surface area contributed by atoms with Gasteiger partial charge in [-0.15, -0.1) is 0 Å². The molecule has 3 aromatic heterocycles. The smallest absolute Gasteiger partial charge is 0.274 e. The predicted octanol–water partition coefficient (Wildman–Crippen LogP) is 2.88. The molecule has 1 atom stereocenters. The Kier molecular flexibility index (Phi) is 3.16. The van der Waals surface area contributed by atoms with Crippen LogP contribution in [-0.2, 0) is 0 Å². The molecule has 0 bridgehead atoms. The maximum Gasteiger partial charge on any atom is 0.274 e. The van der Waals surface area contributed by atoms with Crippen LogP contribution in [0.1, 0.15) is 65.5 Å². The quantitative estimate of drug-likeness (QED) is 0.734. The Morgan fingerprint density at radius 1 is 1.24 bits per heavy atom. The highest BCUT2D eigenvalue weighted by atomic mass is 16.5. The van der Waals surface area contributed by atoms with Gasteiger partial charge in [-0.2, -0.15) is 4.98 Å². The fraction of sp³-hybridized carbons (Fsp3) is 0.444. The van der Waals surface area contributed by atoms with Crippen molar-refractivity contribution < 1.29 is 9.32 Å². The maximum absolute atomic E-state index is 13.0. The summed E-state index contributed by atoms with van der Waals surface area (Å²) in [6.45, 7) is 2.70. The van der Waals surface area contributed by atoms with Gasteiger partial charge in [0.25, 0.3) is 5.91 Å². The normalized spacial score (nSPS) is 20.5. The third-order valence-corrected chi connectivity index (χ3v) is 5.11. The van der Waals surface area contributed by atoms with Gasteiger partial charge in [0.15, 0.2) is 5.82 Å². The fourth-order valence-electron chi connectivity index (χ4n) is 3.56. The zero-order valence-corrected chi connectivity index (χ0v) is 14.1. The predicted molar refractivity (Wildman–Crippen MR) is 89.2 cm³/mol. The van der Waals surface area contributed by atoms with Crippen molar-refractivity contribution in [3.8, 4) is 0 Å². The number of amides is 1. The molecule has 2 aliphatic rings. The molecule has 1 amide bonds. The summed E-state index contributed by atoms with van der Waals surface area (Å²) in [5.74, 6) is 1.71. The summed E-state index contributed by atoms with van der Waals surface area (Å²) in [6.07, 6.45) is 5.86. The highest BCUT2D eigenvalue weighted by Crippen LogP contribution is 2.40. The molecule has 1 aliphatic carbocycles. The minimum atomic E-state index is -0.116. The van der Waals surface area contributed by atoms with E-state index in [2.05, 4.69) is 15.1 Å². The maximum atomic E-state index is 13.0. The first-order valence-corrected chi connectivity index (χ1v) is 8.80. The van der Waals surface area contributed by atoms with Crippen LogP contribution in [0.25, 0.3) is 5.65 Å². The number of imidazole rings is 1. The number of likely N-dealkylation sites (tertiary alicyclic amines) is 1. The van der Waals surface area contributed by atoms with Crippen LogP contribution in [0.4, 0.5) is 0 Å². The zero-order chi connectivity index (χ0) is 17.0. The lowest BCUT2D eigenvalue weighted by Crippen LogP contribution is -2.31. The molecular weight excluding hydrogens is 318 g/mol. The Bertz CT molecular complexity index is 955. The number of hydrogen-bond acceptors (Lipinski definition) is 5. The second kappa shape index (κ2) is 5.40. The Morgan fingerprint density at radius 3 is 2.92 bits per heavy atom. The van der Waals surface area contributed by atoms with Gasteiger partial charge in [0, 0.05) is 24.4 Å². The number of carbonyl (C=O) groups is 1. The number of hydrogen-bond donors (Lipinski definition) is 0. The average Bonchev–Trinajstić information content (AvgIpc) is 3.06. The Hall–Kier alpha value is -2.70. The lowest BCUT2D eigenvalue weighted by Gasteiger charge is -2.21. The van der Waals surface area contributed by atoms with Gasteiger partial charge in [-0.1, -0.05) is 11.2 Å². The van der Waals surface area contributed by atoms with E-state index in [-0.39, 0.29) is 11.9 Å². The van der Waals surface area contributed by atoms with E-state index in [0.29, 0.717) is 24.0 Å². The van der Waals surface area contributed by atoms with Crippen molar-refractivity contribution in [1.29, 1.82) is 0 Å². The van der Waals surface area contributed by atoms with Crippen molar-refractivity contribution in [3.05, 3.63) is 47.5 Å². The fourth-order valence-corrected chi connectivity index (χ4v) is 3.56. The summed E-state index contributed by atoms with van der Waals surface area (Å²) in [5, 5.41) is 4.14. The summed E-state index contributed by atoms with van der Waals surface area (Å²) >= 11 is 0. The molecular formula is C18H19N5O2. The van der Waals surface area contributed by atoms with Crippen LogP contribution in [-0.4, -0.2) is 36.9 Å². The molecule has 1 saturated heterocycles. The van der Waals surface area contributed by atoms with Crippen molar-refractivity contribution in [2.24, 2.45) is 0 Å². The van der Waals surface area contributed by atoms with Gasteiger partial charge in [-0.25, -0.2) is 4.98 Å². The van der Waals surface area contributed by atoms with Crippen molar-refractivity contribution in [1.82, 2.24) is 24.4 Å². The average molecular weight is 337 g/mol. The van der Waals surface area contributed by atoms with Gasteiger partial charge in [-0.05, 0) is 44.7 Å². The Labute approximate surface area is 144 Å². The first-order chi connectivity index (χ1) is 12.2. The van der Waals surface area contributed by atoms with Crippen LogP contribution in [0.2, 0.25) is 0 Å². The van der Waals surface area contributed by atoms with Gasteiger partial charge in [0.2, 0.25) is 5.89 Å². The van der Waals surface area contributed by atoms with Gasteiger partial charge in [0.1, 0.15) is 11.3 Å². The highest BCUT2D eigenvalue weighted by molar-refractivity contribution is 5.93. The monoisotopic (exact) mass is 337 g/mol. The molecule has 7 heteroatoms. The van der Waals surface area contributed by atoms with E-state index in [9.17, 15) is 4.79 Å². The Balaban J connectivity index is 1.45. The molecule has 0 aromatic carbocycles. The van der Waals surface area contributed by atoms with E-state index < -0.39 is 0 Å². The number of rotatable bonds is 3. The van der Waals surface area contributed by atoms with E-state index in [1.165, 1.54) is 0 Å². The topological polar surface area (TPSA) is 76.5 Å². The zero-order valence-electron chi connectivity index (χ0n) is 14.1. The second-order valence-corrected chi connectivity index (χ2v) is 6.94. The molecule has 0 N–H and O–H groups in total. The van der Waals surface area contributed by atoms with E-state index >= 15 is 0 Å². The second-order valence-electron chi connectivity index (χ2n) is 6.94. The molecule has 25 heavy (non-hydrogen) atoms. The third-order valence-electron chi connectivity index (χ3n) is 5.11. The number of aryl methyl sites for hydroxylation is 1. The first-order valence-electron chi connectivity index (χ1n) is 8.80. The number of carbonyl (C=O) groups excluding carboxylic acids is 1. The number of fused-ring (bicyclic) bond motifs is 1. The minimum absolute atomic E-state index is 0.0663. The van der Waals surface area contributed by atoms with Crippen molar-refractivity contribution in [2.45, 2.75) is 44.6 Å². The van der Waals surface area contributed by atoms with Crippen LogP contribution in [0.3, 0.4) is 0 Å². The van der Waals surface area contributed by atoms with Gasteiger partial charge < -0.3 is 13.8 Å². The van der Waals surface area contributed by atoms with Crippen molar-refractivity contribution in [3.63, 3.8) is 0 Å². The largest absolute Gasteiger partial charge is 0.339 e. The van der Waals surface area contributed by atoms with E-state index in [0.717, 1.165) is 42.9 Å². The van der Waals surface area contributed by atoms with Crippen LogP contribution in [0.15, 0.2) is 28.9 Å². The van der Waals surface area contributed by atoms with E-state index in [4.69, 9.17) is 4.52 Å². The lowest BCUT2D eigenvalue weighted by molar-refractivity contribution is 0.0723. The molecule has 128 valence electrons. The molecule has 1 saturated carbocycles. The molecule has 5 rings (SSSR count). The molecule has 1 aliphatic heterocycles. The standard InChI is InChI=1S/C18H19N5O2/c1-11-4-2-6-15-19-13(10-23(11)15)18(24)22-9-3-5-14(22)16-20-17(25-21-16)12-7-8-12/h2,4,6,10,12,14H,3,5,7-9H2,1H3. The summed E-state index contributed by atoms with van der Waals surface area (Å²) in [7, 11) is 0. The molecule has 3 aromatic rings. The van der Waals surface area contributed by atoms with Gasteiger partial charge >= 0.3 is 0 Å². The summed E-state index contributed by atoms with van der Waals surface area (Å²) in [4.78, 5) is 23.9. The molecule has 0 radical (unpaired) electrons. The SMILES string of the molecule is Cc1cccc2nc(C(=O)N3CCCC3c3noc(C4CC4)n3)cn12. The Morgan fingerprint density at radius 2 is 2.12 bits per heavy atom. The number of pyridine rings is 1. The minimum Gasteiger partial charge on any atom is -0.339 e. The molecule has 1 unspecified atom stereocenters. The summed E-state index contributed by atoms with van der Waals surface area (Å²) in [6, 6.07) is 5.74. The van der Waals surface area contributed by atoms with E-state index in [1.807, 2.05) is 40.6 Å². The van der Waals surface area contributed by atoms with Crippen LogP contribution < -0.4 is 0 Å². The third kappa shape index (κ3) is 2.42. The highest BCUT2D eigenvalue weighted by Gasteiger charge is 2.37. The van der Waals surface area contributed by atoms with Crippen LogP contribution >= 0.6 is 0 Å². The van der Waals surface area contributed by atoms with Gasteiger partial charge in [-0.3, -0.25) is 4.79 Å². The first kappa shape index (κ1) is 14.6. The molecule has 4 heterocycles. The summed E-state index contributed by atoms with van der Waals surface area (Å²) in [5.41, 5.74) is 2.30. The lowest BCUT2D eigenvalue weighted by atomic mass is 10.2. The number of nitrogens with zero attached hydrogens (tertiary/aromatic N) is 5. The molecule has 0 spiro atoms. The van der Waals surface area contributed by atoms with Crippen LogP contribution in [0.5, 0.6) is 0 Å². The van der Waals surface area contributed by atoms with Crippen LogP contribution in [0, 0.1) is 6.92 Å². The number of aromatic nitrogens is 4. The van der Waals surface area contributed by atoms with Gasteiger partial charge in [0.05, 0.1) is 6.04 Å². The molecule has 7 nitrogen and oxygen atoms in total.